The summed E-state index contributed by atoms with van der Waals surface area (Å²) in [7, 11) is 0. The molecule has 2 N–H and O–H groups in total. The van der Waals surface area contributed by atoms with Crippen LogP contribution in [-0.2, 0) is 22.7 Å². The van der Waals surface area contributed by atoms with Gasteiger partial charge in [0.15, 0.2) is 5.65 Å². The molecule has 34 heavy (non-hydrogen) atoms. The highest BCUT2D eigenvalue weighted by molar-refractivity contribution is 7.13. The number of nitrogens with one attached hydrogen (secondary N) is 2. The quantitative estimate of drug-likeness (QED) is 0.365. The van der Waals surface area contributed by atoms with Crippen molar-refractivity contribution in [3.05, 3.63) is 94.2 Å². The van der Waals surface area contributed by atoms with E-state index in [1.807, 2.05) is 23.6 Å². The van der Waals surface area contributed by atoms with Crippen molar-refractivity contribution in [3.8, 4) is 10.8 Å². The first kappa shape index (κ1) is 21.3. The highest BCUT2D eigenvalue weighted by atomic mass is 32.1. The van der Waals surface area contributed by atoms with E-state index in [0.717, 1.165) is 10.4 Å². The van der Waals surface area contributed by atoms with E-state index < -0.39 is 11.8 Å². The third-order valence-corrected chi connectivity index (χ3v) is 5.78. The third-order valence-electron chi connectivity index (χ3n) is 4.93. The van der Waals surface area contributed by atoms with E-state index >= 15 is 0 Å². The molecule has 0 aliphatic rings. The number of pyridine rings is 1. The molecule has 2 amide bonds. The topological polar surface area (TPSA) is 124 Å². The first-order valence-corrected chi connectivity index (χ1v) is 11.2. The maximum Gasteiger partial charge on any atom is 0.350 e. The minimum atomic E-state index is -0.816. The van der Waals surface area contributed by atoms with Crippen molar-refractivity contribution in [2.75, 3.05) is 5.32 Å². The Balaban J connectivity index is 1.20. The second-order valence-corrected chi connectivity index (χ2v) is 8.28. The molecule has 5 aromatic rings. The number of fused-ring (bicyclic) bond motifs is 1. The van der Waals surface area contributed by atoms with E-state index in [1.54, 1.807) is 42.6 Å². The Morgan fingerprint density at radius 1 is 1.06 bits per heavy atom. The van der Waals surface area contributed by atoms with Gasteiger partial charge < -0.3 is 15.1 Å². The monoisotopic (exact) mass is 474 g/mol. The Kier molecular flexibility index (Phi) is 5.75. The number of oxazole rings is 1. The summed E-state index contributed by atoms with van der Waals surface area (Å²) < 4.78 is 8.19. The van der Waals surface area contributed by atoms with Gasteiger partial charge in [-0.3, -0.25) is 14.0 Å². The zero-order chi connectivity index (χ0) is 23.5. The van der Waals surface area contributed by atoms with Crippen molar-refractivity contribution in [2.24, 2.45) is 0 Å². The van der Waals surface area contributed by atoms with Crippen LogP contribution in [0.3, 0.4) is 0 Å². The number of hydrogen-bond donors (Lipinski definition) is 2. The highest BCUT2D eigenvalue weighted by Crippen LogP contribution is 2.23. The predicted octanol–water partition coefficient (Wildman–Crippen LogP) is 2.52. The summed E-state index contributed by atoms with van der Waals surface area (Å²) in [6, 6.07) is 16.0. The minimum absolute atomic E-state index is 0.0535. The maximum absolute atomic E-state index is 12.5. The van der Waals surface area contributed by atoms with Crippen molar-refractivity contribution in [2.45, 2.75) is 13.1 Å². The van der Waals surface area contributed by atoms with E-state index in [-0.39, 0.29) is 18.8 Å². The van der Waals surface area contributed by atoms with E-state index in [9.17, 15) is 14.4 Å². The molecular weight excluding hydrogens is 456 g/mol. The molecule has 10 nitrogen and oxygen atoms in total. The van der Waals surface area contributed by atoms with Crippen LogP contribution in [0.4, 0.5) is 5.69 Å². The number of nitrogens with zero attached hydrogens (tertiary/aromatic N) is 4. The number of aromatic nitrogens is 4. The Labute approximate surface area is 196 Å². The number of rotatable bonds is 6. The molecule has 170 valence electrons. The summed E-state index contributed by atoms with van der Waals surface area (Å²) in [4.78, 5) is 42.2. The summed E-state index contributed by atoms with van der Waals surface area (Å²) in [5.41, 5.74) is 1.95. The molecule has 0 unspecified atom stereocenters. The third kappa shape index (κ3) is 4.50. The normalized spacial score (nSPS) is 10.9. The zero-order valence-electron chi connectivity index (χ0n) is 17.7. The first-order chi connectivity index (χ1) is 16.6. The molecule has 4 aromatic heterocycles. The van der Waals surface area contributed by atoms with Crippen LogP contribution in [0.15, 0.2) is 81.6 Å². The smallest absolute Gasteiger partial charge is 0.350 e. The van der Waals surface area contributed by atoms with Gasteiger partial charge in [-0.05, 0) is 41.3 Å². The van der Waals surface area contributed by atoms with Crippen LogP contribution in [-0.4, -0.2) is 31.0 Å². The number of thiophene rings is 1. The van der Waals surface area contributed by atoms with Crippen molar-refractivity contribution in [1.29, 1.82) is 0 Å². The fourth-order valence-corrected chi connectivity index (χ4v) is 3.99. The van der Waals surface area contributed by atoms with Crippen molar-refractivity contribution in [1.82, 2.24) is 24.5 Å². The molecule has 0 radical (unpaired) electrons. The van der Waals surface area contributed by atoms with Gasteiger partial charge in [-0.15, -0.1) is 16.4 Å². The Morgan fingerprint density at radius 3 is 2.79 bits per heavy atom. The molecule has 0 spiro atoms. The lowest BCUT2D eigenvalue weighted by atomic mass is 10.2. The molecule has 4 heterocycles. The van der Waals surface area contributed by atoms with Gasteiger partial charge in [0.05, 0.1) is 23.7 Å². The number of anilines is 1. The van der Waals surface area contributed by atoms with Crippen LogP contribution >= 0.6 is 11.3 Å². The lowest BCUT2D eigenvalue weighted by molar-refractivity contribution is -0.136. The van der Waals surface area contributed by atoms with Gasteiger partial charge in [0, 0.05) is 11.9 Å². The zero-order valence-corrected chi connectivity index (χ0v) is 18.5. The van der Waals surface area contributed by atoms with Crippen LogP contribution < -0.4 is 16.3 Å². The standard InChI is InChI=1S/C23H18N6O4S/c30-20(24-12-17-14-33-22(26-17)18-7-4-10-34-18)21(31)25-16-6-3-5-15(11-16)13-29-23(32)28-9-2-1-8-19(28)27-29/h1-11,14H,12-13H2,(H,24,30)(H,25,31). The van der Waals surface area contributed by atoms with E-state index in [4.69, 9.17) is 4.42 Å². The molecule has 0 fully saturated rings. The number of hydrogen-bond acceptors (Lipinski definition) is 7. The summed E-state index contributed by atoms with van der Waals surface area (Å²) in [5.74, 6) is -1.16. The molecule has 5 rings (SSSR count). The average Bonchev–Trinajstić information content (AvgIpc) is 3.59. The molecule has 11 heteroatoms. The van der Waals surface area contributed by atoms with Gasteiger partial charge in [0.1, 0.15) is 6.26 Å². The Morgan fingerprint density at radius 2 is 1.97 bits per heavy atom. The molecule has 0 bridgehead atoms. The molecule has 0 saturated heterocycles. The predicted molar refractivity (Wildman–Crippen MR) is 125 cm³/mol. The lowest BCUT2D eigenvalue weighted by Crippen LogP contribution is -2.35. The summed E-state index contributed by atoms with van der Waals surface area (Å²) in [5, 5.41) is 11.3. The van der Waals surface area contributed by atoms with Gasteiger partial charge >= 0.3 is 17.5 Å². The first-order valence-electron chi connectivity index (χ1n) is 10.3. The second kappa shape index (κ2) is 9.16. The van der Waals surface area contributed by atoms with Gasteiger partial charge in [-0.2, -0.15) is 0 Å². The van der Waals surface area contributed by atoms with Crippen molar-refractivity contribution < 1.29 is 14.0 Å². The highest BCUT2D eigenvalue weighted by Gasteiger charge is 2.15. The van der Waals surface area contributed by atoms with Crippen LogP contribution in [0.25, 0.3) is 16.4 Å². The van der Waals surface area contributed by atoms with Crippen LogP contribution in [0.2, 0.25) is 0 Å². The van der Waals surface area contributed by atoms with Crippen molar-refractivity contribution in [3.63, 3.8) is 0 Å². The number of carbonyl (C=O) groups is 2. The average molecular weight is 475 g/mol. The van der Waals surface area contributed by atoms with Crippen molar-refractivity contribution >= 4 is 34.5 Å². The van der Waals surface area contributed by atoms with Gasteiger partial charge in [0.25, 0.3) is 0 Å². The molecule has 0 aliphatic carbocycles. The SMILES string of the molecule is O=C(NCc1coc(-c2cccs2)n1)C(=O)Nc1cccc(Cn2nc3ccccn3c2=O)c1. The number of carbonyl (C=O) groups excluding carboxylic acids is 2. The largest absolute Gasteiger partial charge is 0.443 e. The maximum atomic E-state index is 12.5. The summed E-state index contributed by atoms with van der Waals surface area (Å²) in [6.07, 6.45) is 3.09. The summed E-state index contributed by atoms with van der Waals surface area (Å²) in [6.45, 7) is 0.271. The fourth-order valence-electron chi connectivity index (χ4n) is 3.33. The lowest BCUT2D eigenvalue weighted by Gasteiger charge is -2.07. The molecule has 0 atom stereocenters. The van der Waals surface area contributed by atoms with E-state index in [2.05, 4.69) is 20.7 Å². The van der Waals surface area contributed by atoms with Crippen LogP contribution in [0.5, 0.6) is 0 Å². The van der Waals surface area contributed by atoms with Crippen LogP contribution in [0, 0.1) is 0 Å². The molecular formula is C23H18N6O4S. The fraction of sp³-hybridized carbons (Fsp3) is 0.0870. The van der Waals surface area contributed by atoms with Gasteiger partial charge in [-0.25, -0.2) is 14.5 Å². The van der Waals surface area contributed by atoms with E-state index in [1.165, 1.54) is 26.7 Å². The second-order valence-electron chi connectivity index (χ2n) is 7.33. The number of benzene rings is 1. The summed E-state index contributed by atoms with van der Waals surface area (Å²) >= 11 is 1.49. The molecule has 1 aromatic carbocycles. The molecule has 0 saturated carbocycles. The minimum Gasteiger partial charge on any atom is -0.443 e. The van der Waals surface area contributed by atoms with Crippen LogP contribution in [0.1, 0.15) is 11.3 Å². The van der Waals surface area contributed by atoms with Gasteiger partial charge in [-0.1, -0.05) is 24.3 Å². The number of amides is 2. The van der Waals surface area contributed by atoms with E-state index in [0.29, 0.717) is 22.9 Å². The Hall–Kier alpha value is -4.51. The Bertz CT molecular complexity index is 1530. The molecule has 0 aliphatic heterocycles. The van der Waals surface area contributed by atoms with Gasteiger partial charge in [0.2, 0.25) is 5.89 Å².